The highest BCUT2D eigenvalue weighted by Crippen LogP contribution is 2.30. The standard InChI is InChI=1S/C26H32ClN3O4/c1-32-24-7-6-21(16-25(24)33-15-3-11-30-14-10-28-20-30)18-29-12-8-26(31,9-13-29)19-34-23-5-2-4-22(27)17-23/h2,4-7,10,14,16-17,20,31H,3,8-9,11-13,15,18-19H2,1H3. The first-order valence-corrected chi connectivity index (χ1v) is 12.0. The topological polar surface area (TPSA) is 69.0 Å². The van der Waals surface area contributed by atoms with Crippen LogP contribution in [0.5, 0.6) is 17.2 Å². The lowest BCUT2D eigenvalue weighted by atomic mass is 9.92. The normalized spacial score (nSPS) is 15.7. The minimum Gasteiger partial charge on any atom is -0.493 e. The molecule has 1 aromatic heterocycles. The Bertz CT molecular complexity index is 1040. The molecule has 0 saturated carbocycles. The van der Waals surface area contributed by atoms with Gasteiger partial charge in [-0.1, -0.05) is 23.7 Å². The summed E-state index contributed by atoms with van der Waals surface area (Å²) in [4.78, 5) is 6.41. The molecule has 1 N–H and O–H groups in total. The first kappa shape index (κ1) is 24.4. The number of halogens is 1. The van der Waals surface area contributed by atoms with Gasteiger partial charge in [0.25, 0.3) is 0 Å². The number of hydrogen-bond donors (Lipinski definition) is 1. The van der Waals surface area contributed by atoms with Gasteiger partial charge in [-0.15, -0.1) is 0 Å². The van der Waals surface area contributed by atoms with Gasteiger partial charge in [0.15, 0.2) is 11.5 Å². The minimum atomic E-state index is -0.831. The second-order valence-electron chi connectivity index (χ2n) is 8.73. The molecule has 2 aromatic carbocycles. The number of aryl methyl sites for hydroxylation is 1. The fraction of sp³-hybridized carbons (Fsp3) is 0.423. The minimum absolute atomic E-state index is 0.265. The van der Waals surface area contributed by atoms with Crippen LogP contribution in [-0.2, 0) is 13.1 Å². The predicted octanol–water partition coefficient (Wildman–Crippen LogP) is 4.42. The number of piperidine rings is 1. The molecule has 4 rings (SSSR count). The van der Waals surface area contributed by atoms with E-state index < -0.39 is 5.60 Å². The summed E-state index contributed by atoms with van der Waals surface area (Å²) in [7, 11) is 1.66. The molecule has 0 atom stereocenters. The Hall–Kier alpha value is -2.74. The van der Waals surface area contributed by atoms with E-state index in [1.165, 1.54) is 0 Å². The Morgan fingerprint density at radius 2 is 1.94 bits per heavy atom. The maximum atomic E-state index is 11.0. The Morgan fingerprint density at radius 3 is 2.68 bits per heavy atom. The van der Waals surface area contributed by atoms with E-state index in [-0.39, 0.29) is 6.61 Å². The van der Waals surface area contributed by atoms with Crippen molar-refractivity contribution in [3.63, 3.8) is 0 Å². The fourth-order valence-electron chi connectivity index (χ4n) is 4.08. The number of aromatic nitrogens is 2. The lowest BCUT2D eigenvalue weighted by molar-refractivity contribution is -0.0537. The first-order valence-electron chi connectivity index (χ1n) is 11.6. The van der Waals surface area contributed by atoms with Crippen molar-refractivity contribution in [2.24, 2.45) is 0 Å². The molecule has 0 unspecified atom stereocenters. The number of benzene rings is 2. The van der Waals surface area contributed by atoms with E-state index in [1.807, 2.05) is 35.3 Å². The molecule has 1 aliphatic rings. The molecule has 0 aliphatic carbocycles. The Morgan fingerprint density at radius 1 is 1.09 bits per heavy atom. The zero-order valence-corrected chi connectivity index (χ0v) is 20.3. The number of nitrogens with zero attached hydrogens (tertiary/aromatic N) is 3. The van der Waals surface area contributed by atoms with Crippen molar-refractivity contribution < 1.29 is 19.3 Å². The van der Waals surface area contributed by atoms with Crippen molar-refractivity contribution >= 4 is 11.6 Å². The van der Waals surface area contributed by atoms with Crippen LogP contribution < -0.4 is 14.2 Å². The van der Waals surface area contributed by atoms with Gasteiger partial charge in [0.1, 0.15) is 18.0 Å². The van der Waals surface area contributed by atoms with E-state index in [1.54, 1.807) is 25.4 Å². The van der Waals surface area contributed by atoms with E-state index in [9.17, 15) is 5.11 Å². The SMILES string of the molecule is COc1ccc(CN2CCC(O)(COc3cccc(Cl)c3)CC2)cc1OCCCn1ccnc1. The van der Waals surface area contributed by atoms with Crippen LogP contribution in [0.3, 0.4) is 0 Å². The van der Waals surface area contributed by atoms with Gasteiger partial charge in [-0.05, 0) is 55.2 Å². The van der Waals surface area contributed by atoms with Crippen molar-refractivity contribution in [2.75, 3.05) is 33.4 Å². The number of likely N-dealkylation sites (tertiary alicyclic amines) is 1. The number of hydrogen-bond acceptors (Lipinski definition) is 6. The molecule has 182 valence electrons. The summed E-state index contributed by atoms with van der Waals surface area (Å²) in [5.41, 5.74) is 0.327. The second-order valence-corrected chi connectivity index (χ2v) is 9.17. The molecule has 0 amide bonds. The summed E-state index contributed by atoms with van der Waals surface area (Å²) in [6.07, 6.45) is 7.73. The molecular formula is C26H32ClN3O4. The van der Waals surface area contributed by atoms with Crippen molar-refractivity contribution in [1.82, 2.24) is 14.5 Å². The predicted molar refractivity (Wildman–Crippen MR) is 132 cm³/mol. The zero-order valence-electron chi connectivity index (χ0n) is 19.5. The highest BCUT2D eigenvalue weighted by molar-refractivity contribution is 6.30. The van der Waals surface area contributed by atoms with Crippen LogP contribution in [0.4, 0.5) is 0 Å². The summed E-state index contributed by atoms with van der Waals surface area (Å²) >= 11 is 6.01. The summed E-state index contributed by atoms with van der Waals surface area (Å²) in [6, 6.07) is 13.3. The Labute approximate surface area is 205 Å². The molecule has 0 spiro atoms. The van der Waals surface area contributed by atoms with Crippen molar-refractivity contribution in [3.05, 3.63) is 71.8 Å². The fourth-order valence-corrected chi connectivity index (χ4v) is 4.27. The highest BCUT2D eigenvalue weighted by atomic mass is 35.5. The van der Waals surface area contributed by atoms with Crippen LogP contribution in [-0.4, -0.2) is 58.6 Å². The van der Waals surface area contributed by atoms with Gasteiger partial charge in [0.2, 0.25) is 0 Å². The van der Waals surface area contributed by atoms with E-state index in [4.69, 9.17) is 25.8 Å². The largest absolute Gasteiger partial charge is 0.493 e. The molecule has 8 heteroatoms. The molecule has 34 heavy (non-hydrogen) atoms. The third-order valence-corrected chi connectivity index (χ3v) is 6.34. The van der Waals surface area contributed by atoms with Gasteiger partial charge in [-0.3, -0.25) is 4.90 Å². The average molecular weight is 486 g/mol. The van der Waals surface area contributed by atoms with E-state index in [0.29, 0.717) is 30.2 Å². The number of methoxy groups -OCH3 is 1. The van der Waals surface area contributed by atoms with Crippen LogP contribution >= 0.6 is 11.6 Å². The molecule has 1 saturated heterocycles. The third kappa shape index (κ3) is 6.88. The second kappa shape index (κ2) is 11.6. The number of aliphatic hydroxyl groups is 1. The van der Waals surface area contributed by atoms with Gasteiger partial charge in [-0.2, -0.15) is 0 Å². The maximum absolute atomic E-state index is 11.0. The van der Waals surface area contributed by atoms with Gasteiger partial charge < -0.3 is 23.9 Å². The molecule has 7 nitrogen and oxygen atoms in total. The lowest BCUT2D eigenvalue weighted by Gasteiger charge is -2.38. The summed E-state index contributed by atoms with van der Waals surface area (Å²) < 4.78 is 19.4. The summed E-state index contributed by atoms with van der Waals surface area (Å²) in [6.45, 7) is 4.10. The van der Waals surface area contributed by atoms with Crippen LogP contribution in [0.15, 0.2) is 61.2 Å². The summed E-state index contributed by atoms with van der Waals surface area (Å²) in [5, 5.41) is 11.6. The van der Waals surface area contributed by atoms with E-state index >= 15 is 0 Å². The van der Waals surface area contributed by atoms with Crippen LogP contribution in [0.25, 0.3) is 0 Å². The Balaban J connectivity index is 1.26. The first-order chi connectivity index (χ1) is 16.5. The molecule has 0 bridgehead atoms. The number of rotatable bonds is 11. The molecule has 2 heterocycles. The average Bonchev–Trinajstić information content (AvgIpc) is 3.36. The van der Waals surface area contributed by atoms with Crippen molar-refractivity contribution in [3.8, 4) is 17.2 Å². The van der Waals surface area contributed by atoms with Gasteiger partial charge >= 0.3 is 0 Å². The monoisotopic (exact) mass is 485 g/mol. The van der Waals surface area contributed by atoms with Crippen LogP contribution in [0.1, 0.15) is 24.8 Å². The molecule has 1 aliphatic heterocycles. The number of imidazole rings is 1. The maximum Gasteiger partial charge on any atom is 0.161 e. The van der Waals surface area contributed by atoms with Crippen LogP contribution in [0, 0.1) is 0 Å². The molecule has 1 fully saturated rings. The van der Waals surface area contributed by atoms with Crippen molar-refractivity contribution in [1.29, 1.82) is 0 Å². The van der Waals surface area contributed by atoms with Crippen LogP contribution in [0.2, 0.25) is 5.02 Å². The zero-order chi connectivity index (χ0) is 23.8. The van der Waals surface area contributed by atoms with Crippen molar-refractivity contribution in [2.45, 2.75) is 38.0 Å². The van der Waals surface area contributed by atoms with Gasteiger partial charge in [0.05, 0.1) is 20.0 Å². The van der Waals surface area contributed by atoms with Gasteiger partial charge in [0, 0.05) is 43.6 Å². The van der Waals surface area contributed by atoms with E-state index in [2.05, 4.69) is 22.0 Å². The Kier molecular flexibility index (Phi) is 8.32. The smallest absolute Gasteiger partial charge is 0.161 e. The molecular weight excluding hydrogens is 454 g/mol. The van der Waals surface area contributed by atoms with E-state index in [0.717, 1.165) is 49.7 Å². The van der Waals surface area contributed by atoms with Gasteiger partial charge in [-0.25, -0.2) is 4.98 Å². The molecule has 0 radical (unpaired) electrons. The highest BCUT2D eigenvalue weighted by Gasteiger charge is 2.33. The number of ether oxygens (including phenoxy) is 3. The molecule has 3 aromatic rings. The summed E-state index contributed by atoms with van der Waals surface area (Å²) in [5.74, 6) is 2.17. The quantitative estimate of drug-likeness (QED) is 0.405. The third-order valence-electron chi connectivity index (χ3n) is 6.10. The lowest BCUT2D eigenvalue weighted by Crippen LogP contribution is -2.47.